The number of aryl methyl sites for hydroxylation is 1. The molecule has 0 fully saturated rings. The molecule has 19 heavy (non-hydrogen) atoms. The standard InChI is InChI=1S/C15H15N3S/c16-10-4-9-14-17-18-15(19-14)13-8-3-6-11-5-1-2-7-12(11)13/h1-3,5-8H,4,9-10,16H2. The maximum absolute atomic E-state index is 5.53. The summed E-state index contributed by atoms with van der Waals surface area (Å²) < 4.78 is 0. The Morgan fingerprint density at radius 2 is 1.84 bits per heavy atom. The zero-order valence-corrected chi connectivity index (χ0v) is 11.4. The number of nitrogens with two attached hydrogens (primary N) is 1. The van der Waals surface area contributed by atoms with Crippen LogP contribution in [0.4, 0.5) is 0 Å². The number of hydrogen-bond acceptors (Lipinski definition) is 4. The van der Waals surface area contributed by atoms with Gasteiger partial charge in [-0.25, -0.2) is 0 Å². The van der Waals surface area contributed by atoms with Gasteiger partial charge in [-0.2, -0.15) is 0 Å². The van der Waals surface area contributed by atoms with E-state index in [0.717, 1.165) is 28.4 Å². The van der Waals surface area contributed by atoms with Crippen LogP contribution < -0.4 is 5.73 Å². The summed E-state index contributed by atoms with van der Waals surface area (Å²) in [7, 11) is 0. The quantitative estimate of drug-likeness (QED) is 0.791. The molecule has 2 N–H and O–H groups in total. The van der Waals surface area contributed by atoms with Crippen molar-refractivity contribution >= 4 is 22.1 Å². The zero-order valence-electron chi connectivity index (χ0n) is 10.5. The highest BCUT2D eigenvalue weighted by atomic mass is 32.1. The van der Waals surface area contributed by atoms with Crippen LogP contribution in [0.2, 0.25) is 0 Å². The van der Waals surface area contributed by atoms with Crippen LogP contribution in [0.5, 0.6) is 0 Å². The van der Waals surface area contributed by atoms with E-state index in [1.165, 1.54) is 10.8 Å². The van der Waals surface area contributed by atoms with Crippen LogP contribution in [0.3, 0.4) is 0 Å². The molecule has 0 radical (unpaired) electrons. The van der Waals surface area contributed by atoms with Gasteiger partial charge in [0, 0.05) is 12.0 Å². The van der Waals surface area contributed by atoms with Gasteiger partial charge in [-0.1, -0.05) is 53.8 Å². The maximum Gasteiger partial charge on any atom is 0.148 e. The molecule has 4 heteroatoms. The van der Waals surface area contributed by atoms with Crippen LogP contribution in [-0.4, -0.2) is 16.7 Å². The number of hydrogen-bond donors (Lipinski definition) is 1. The lowest BCUT2D eigenvalue weighted by atomic mass is 10.1. The van der Waals surface area contributed by atoms with Gasteiger partial charge in [0.1, 0.15) is 10.0 Å². The Kier molecular flexibility index (Phi) is 3.53. The Labute approximate surface area is 116 Å². The summed E-state index contributed by atoms with van der Waals surface area (Å²) in [5.74, 6) is 0. The fraction of sp³-hybridized carbons (Fsp3) is 0.200. The van der Waals surface area contributed by atoms with E-state index in [1.807, 2.05) is 0 Å². The number of nitrogens with zero attached hydrogens (tertiary/aromatic N) is 2. The van der Waals surface area contributed by atoms with E-state index in [2.05, 4.69) is 52.7 Å². The van der Waals surface area contributed by atoms with Gasteiger partial charge in [-0.3, -0.25) is 0 Å². The van der Waals surface area contributed by atoms with Gasteiger partial charge >= 0.3 is 0 Å². The molecule has 1 aromatic heterocycles. The second-order valence-corrected chi connectivity index (χ2v) is 5.48. The van der Waals surface area contributed by atoms with Gasteiger partial charge in [0.25, 0.3) is 0 Å². The van der Waals surface area contributed by atoms with E-state index in [9.17, 15) is 0 Å². The fourth-order valence-corrected chi connectivity index (χ4v) is 3.05. The second-order valence-electron chi connectivity index (χ2n) is 4.42. The minimum absolute atomic E-state index is 0.698. The molecule has 0 saturated carbocycles. The fourth-order valence-electron chi connectivity index (χ4n) is 2.13. The SMILES string of the molecule is NCCCc1nnc(-c2cccc3ccccc23)s1. The average molecular weight is 269 g/mol. The van der Waals surface area contributed by atoms with Crippen LogP contribution in [0.25, 0.3) is 21.3 Å². The first kappa shape index (κ1) is 12.3. The minimum atomic E-state index is 0.698. The van der Waals surface area contributed by atoms with Crippen LogP contribution >= 0.6 is 11.3 Å². The molecule has 0 unspecified atom stereocenters. The van der Waals surface area contributed by atoms with E-state index < -0.39 is 0 Å². The first-order chi connectivity index (χ1) is 9.38. The smallest absolute Gasteiger partial charge is 0.148 e. The first-order valence-corrected chi connectivity index (χ1v) is 7.21. The molecule has 0 aliphatic heterocycles. The van der Waals surface area contributed by atoms with Crippen molar-refractivity contribution in [1.29, 1.82) is 0 Å². The van der Waals surface area contributed by atoms with Crippen molar-refractivity contribution < 1.29 is 0 Å². The van der Waals surface area contributed by atoms with Crippen molar-refractivity contribution in [3.05, 3.63) is 47.5 Å². The lowest BCUT2D eigenvalue weighted by molar-refractivity contribution is 0.812. The summed E-state index contributed by atoms with van der Waals surface area (Å²) in [6.07, 6.45) is 1.88. The molecule has 3 aromatic rings. The summed E-state index contributed by atoms with van der Waals surface area (Å²) >= 11 is 1.66. The normalized spacial score (nSPS) is 11.0. The van der Waals surface area contributed by atoms with Gasteiger partial charge in [0.2, 0.25) is 0 Å². The molecule has 0 amide bonds. The Bertz CT molecular complexity index is 685. The van der Waals surface area contributed by atoms with Crippen molar-refractivity contribution in [2.75, 3.05) is 6.54 Å². The van der Waals surface area contributed by atoms with E-state index >= 15 is 0 Å². The predicted octanol–water partition coefficient (Wildman–Crippen LogP) is 3.25. The molecule has 0 aliphatic rings. The molecule has 1 heterocycles. The Balaban J connectivity index is 2.02. The van der Waals surface area contributed by atoms with E-state index in [4.69, 9.17) is 5.73 Å². The molecule has 3 rings (SSSR count). The molecule has 2 aromatic carbocycles. The highest BCUT2D eigenvalue weighted by Crippen LogP contribution is 2.30. The van der Waals surface area contributed by atoms with Crippen molar-refractivity contribution in [2.45, 2.75) is 12.8 Å². The lowest BCUT2D eigenvalue weighted by Gasteiger charge is -2.02. The molecule has 0 saturated heterocycles. The number of benzene rings is 2. The number of fused-ring (bicyclic) bond motifs is 1. The monoisotopic (exact) mass is 269 g/mol. The van der Waals surface area contributed by atoms with E-state index in [-0.39, 0.29) is 0 Å². The number of rotatable bonds is 4. The molecule has 96 valence electrons. The van der Waals surface area contributed by atoms with Gasteiger partial charge in [0.15, 0.2) is 0 Å². The maximum atomic E-state index is 5.53. The van der Waals surface area contributed by atoms with Gasteiger partial charge in [0.05, 0.1) is 0 Å². The zero-order chi connectivity index (χ0) is 13.1. The molecule has 0 atom stereocenters. The Morgan fingerprint density at radius 1 is 1.00 bits per heavy atom. The summed E-state index contributed by atoms with van der Waals surface area (Å²) in [5.41, 5.74) is 6.69. The summed E-state index contributed by atoms with van der Waals surface area (Å²) in [4.78, 5) is 0. The molecule has 3 nitrogen and oxygen atoms in total. The third-order valence-electron chi connectivity index (χ3n) is 3.08. The van der Waals surface area contributed by atoms with E-state index in [0.29, 0.717) is 6.54 Å². The van der Waals surface area contributed by atoms with Gasteiger partial charge < -0.3 is 5.73 Å². The van der Waals surface area contributed by atoms with Crippen molar-refractivity contribution in [3.8, 4) is 10.6 Å². The van der Waals surface area contributed by atoms with Crippen molar-refractivity contribution in [2.24, 2.45) is 5.73 Å². The topological polar surface area (TPSA) is 51.8 Å². The van der Waals surface area contributed by atoms with Gasteiger partial charge in [-0.05, 0) is 23.7 Å². The second kappa shape index (κ2) is 5.47. The summed E-state index contributed by atoms with van der Waals surface area (Å²) in [6.45, 7) is 0.698. The third kappa shape index (κ3) is 2.50. The lowest BCUT2D eigenvalue weighted by Crippen LogP contribution is -1.99. The predicted molar refractivity (Wildman–Crippen MR) is 80.2 cm³/mol. The van der Waals surface area contributed by atoms with Crippen molar-refractivity contribution in [1.82, 2.24) is 10.2 Å². The molecular weight excluding hydrogens is 254 g/mol. The largest absolute Gasteiger partial charge is 0.330 e. The number of aromatic nitrogens is 2. The summed E-state index contributed by atoms with van der Waals surface area (Å²) in [5, 5.41) is 13.1. The highest BCUT2D eigenvalue weighted by molar-refractivity contribution is 7.14. The molecular formula is C15H15N3S. The van der Waals surface area contributed by atoms with Crippen LogP contribution in [0, 0.1) is 0 Å². The first-order valence-electron chi connectivity index (χ1n) is 6.39. The van der Waals surface area contributed by atoms with E-state index in [1.54, 1.807) is 11.3 Å². The van der Waals surface area contributed by atoms with Crippen LogP contribution in [-0.2, 0) is 6.42 Å². The molecule has 0 aliphatic carbocycles. The van der Waals surface area contributed by atoms with Gasteiger partial charge in [-0.15, -0.1) is 10.2 Å². The molecule has 0 bridgehead atoms. The van der Waals surface area contributed by atoms with Crippen LogP contribution in [0.15, 0.2) is 42.5 Å². The van der Waals surface area contributed by atoms with Crippen LogP contribution in [0.1, 0.15) is 11.4 Å². The van der Waals surface area contributed by atoms with Crippen molar-refractivity contribution in [3.63, 3.8) is 0 Å². The average Bonchev–Trinajstić information content (AvgIpc) is 2.93. The highest BCUT2D eigenvalue weighted by Gasteiger charge is 2.09. The molecule has 0 spiro atoms. The minimum Gasteiger partial charge on any atom is -0.330 e. The summed E-state index contributed by atoms with van der Waals surface area (Å²) in [6, 6.07) is 14.7. The Hall–Kier alpha value is -1.78. The third-order valence-corrected chi connectivity index (χ3v) is 4.10. The Morgan fingerprint density at radius 3 is 2.74 bits per heavy atom.